The third kappa shape index (κ3) is 4.83. The van der Waals surface area contributed by atoms with Crippen LogP contribution in [0.2, 0.25) is 0 Å². The summed E-state index contributed by atoms with van der Waals surface area (Å²) in [4.78, 5) is 37.2. The van der Waals surface area contributed by atoms with Crippen molar-refractivity contribution in [1.29, 1.82) is 0 Å². The molecule has 2 amide bonds. The number of hydrogen-bond acceptors (Lipinski definition) is 7. The van der Waals surface area contributed by atoms with Crippen LogP contribution in [-0.4, -0.2) is 34.1 Å². The van der Waals surface area contributed by atoms with Gasteiger partial charge in [0.25, 0.3) is 0 Å². The Hall–Kier alpha value is -2.65. The lowest BCUT2D eigenvalue weighted by atomic mass is 9.89. The molecule has 0 saturated carbocycles. The van der Waals surface area contributed by atoms with Crippen LogP contribution in [0.15, 0.2) is 35.5 Å². The quantitative estimate of drug-likeness (QED) is 0.417. The van der Waals surface area contributed by atoms with Crippen molar-refractivity contribution in [3.05, 3.63) is 40.8 Å². The third-order valence-electron chi connectivity index (χ3n) is 5.44. The van der Waals surface area contributed by atoms with E-state index in [0.717, 1.165) is 35.2 Å². The number of carbonyl (C=O) groups is 2. The molecule has 1 unspecified atom stereocenters. The number of hydrogen-bond donors (Lipinski definition) is 2. The monoisotopic (exact) mass is 455 g/mol. The Kier molecular flexibility index (Phi) is 6.43. The number of para-hydroxylation sites is 1. The van der Waals surface area contributed by atoms with E-state index in [2.05, 4.69) is 16.9 Å². The molecule has 0 bridgehead atoms. The maximum absolute atomic E-state index is 12.9. The highest BCUT2D eigenvalue weighted by molar-refractivity contribution is 7.99. The van der Waals surface area contributed by atoms with Gasteiger partial charge in [0, 0.05) is 23.5 Å². The second-order valence-electron chi connectivity index (χ2n) is 7.81. The Balaban J connectivity index is 1.52. The van der Waals surface area contributed by atoms with Crippen LogP contribution in [0.3, 0.4) is 0 Å². The number of thiophene rings is 1. The first-order chi connectivity index (χ1) is 14.9. The smallest absolute Gasteiger partial charge is 0.237 e. The van der Waals surface area contributed by atoms with E-state index in [1.807, 2.05) is 30.3 Å². The average molecular weight is 456 g/mol. The van der Waals surface area contributed by atoms with E-state index in [1.165, 1.54) is 22.2 Å². The fraction of sp³-hybridized carbons (Fsp3) is 0.364. The number of thioether (sulfide) groups is 1. The number of rotatable bonds is 7. The van der Waals surface area contributed by atoms with Gasteiger partial charge < -0.3 is 16.4 Å². The maximum atomic E-state index is 12.9. The SMILES string of the molecule is CC1CCc2c(sc3nc(SCC(=O)N(CCC(N)=O)c4ccccc4)nc(N)c23)C1. The van der Waals surface area contributed by atoms with Crippen LogP contribution in [0, 0.1) is 5.92 Å². The summed E-state index contributed by atoms with van der Waals surface area (Å²) in [7, 11) is 0. The van der Waals surface area contributed by atoms with Gasteiger partial charge in [-0.15, -0.1) is 11.3 Å². The Labute approximate surface area is 189 Å². The molecule has 4 rings (SSSR count). The summed E-state index contributed by atoms with van der Waals surface area (Å²) in [6.07, 6.45) is 3.33. The fourth-order valence-corrected chi connectivity index (χ4v) is 6.02. The molecule has 1 aliphatic carbocycles. The molecule has 9 heteroatoms. The van der Waals surface area contributed by atoms with E-state index in [9.17, 15) is 9.59 Å². The maximum Gasteiger partial charge on any atom is 0.237 e. The predicted molar refractivity (Wildman–Crippen MR) is 126 cm³/mol. The van der Waals surface area contributed by atoms with Crippen molar-refractivity contribution >= 4 is 56.6 Å². The standard InChI is InChI=1S/C22H25N5O2S2/c1-13-7-8-15-16(11-13)31-21-19(15)20(24)25-22(26-21)30-12-18(29)27(10-9-17(23)28)14-5-3-2-4-6-14/h2-6,13H,7-12H2,1H3,(H2,23,28)(H2,24,25,26). The Morgan fingerprint density at radius 3 is 2.77 bits per heavy atom. The number of benzene rings is 1. The van der Waals surface area contributed by atoms with Crippen LogP contribution >= 0.6 is 23.1 Å². The van der Waals surface area contributed by atoms with Crippen molar-refractivity contribution < 1.29 is 9.59 Å². The summed E-state index contributed by atoms with van der Waals surface area (Å²) in [5, 5.41) is 1.47. The van der Waals surface area contributed by atoms with Crippen molar-refractivity contribution in [2.24, 2.45) is 11.7 Å². The van der Waals surface area contributed by atoms with Crippen molar-refractivity contribution in [3.8, 4) is 0 Å². The summed E-state index contributed by atoms with van der Waals surface area (Å²) in [6.45, 7) is 2.50. The van der Waals surface area contributed by atoms with Gasteiger partial charge in [0.2, 0.25) is 11.8 Å². The molecular weight excluding hydrogens is 430 g/mol. The molecule has 2 heterocycles. The predicted octanol–water partition coefficient (Wildman–Crippen LogP) is 3.40. The van der Waals surface area contributed by atoms with Gasteiger partial charge in [-0.3, -0.25) is 9.59 Å². The van der Waals surface area contributed by atoms with Crippen LogP contribution < -0.4 is 16.4 Å². The fourth-order valence-electron chi connectivity index (χ4n) is 3.85. The number of nitrogens with two attached hydrogens (primary N) is 2. The minimum absolute atomic E-state index is 0.0971. The third-order valence-corrected chi connectivity index (χ3v) is 7.42. The van der Waals surface area contributed by atoms with Crippen molar-refractivity contribution in [1.82, 2.24) is 9.97 Å². The Morgan fingerprint density at radius 1 is 1.26 bits per heavy atom. The van der Waals surface area contributed by atoms with Crippen molar-refractivity contribution in [3.63, 3.8) is 0 Å². The molecule has 0 saturated heterocycles. The summed E-state index contributed by atoms with van der Waals surface area (Å²) in [5.74, 6) is 0.713. The van der Waals surface area contributed by atoms with Crippen molar-refractivity contribution in [2.45, 2.75) is 37.8 Å². The lowest BCUT2D eigenvalue weighted by Crippen LogP contribution is -2.35. The van der Waals surface area contributed by atoms with Gasteiger partial charge in [0.1, 0.15) is 10.6 Å². The molecule has 4 N–H and O–H groups in total. The normalized spacial score (nSPS) is 15.6. The lowest BCUT2D eigenvalue weighted by molar-refractivity contribution is -0.118. The van der Waals surface area contributed by atoms with Gasteiger partial charge in [-0.25, -0.2) is 9.97 Å². The van der Waals surface area contributed by atoms with Gasteiger partial charge >= 0.3 is 0 Å². The average Bonchev–Trinajstić information content (AvgIpc) is 3.10. The highest BCUT2D eigenvalue weighted by atomic mass is 32.2. The molecule has 1 atom stereocenters. The van der Waals surface area contributed by atoms with E-state index >= 15 is 0 Å². The summed E-state index contributed by atoms with van der Waals surface area (Å²) in [5.41, 5.74) is 13.6. The van der Waals surface area contributed by atoms with Gasteiger partial charge in [0.15, 0.2) is 5.16 Å². The molecule has 2 aromatic heterocycles. The lowest BCUT2D eigenvalue weighted by Gasteiger charge is -2.22. The first kappa shape index (κ1) is 21.6. The molecule has 1 aromatic carbocycles. The number of fused-ring (bicyclic) bond motifs is 3. The molecule has 0 radical (unpaired) electrons. The minimum atomic E-state index is -0.445. The van der Waals surface area contributed by atoms with E-state index in [1.54, 1.807) is 16.2 Å². The van der Waals surface area contributed by atoms with E-state index < -0.39 is 5.91 Å². The molecule has 1 aliphatic rings. The number of aryl methyl sites for hydroxylation is 1. The molecule has 162 valence electrons. The number of primary amides is 1. The summed E-state index contributed by atoms with van der Waals surface area (Å²) in [6, 6.07) is 9.25. The van der Waals surface area contributed by atoms with E-state index in [4.69, 9.17) is 11.5 Å². The Morgan fingerprint density at radius 2 is 2.03 bits per heavy atom. The first-order valence-corrected chi connectivity index (χ1v) is 12.1. The molecular formula is C22H25N5O2S2. The zero-order valence-electron chi connectivity index (χ0n) is 17.3. The second kappa shape index (κ2) is 9.23. The van der Waals surface area contributed by atoms with Crippen LogP contribution in [-0.2, 0) is 22.4 Å². The minimum Gasteiger partial charge on any atom is -0.383 e. The molecule has 3 aromatic rings. The molecule has 31 heavy (non-hydrogen) atoms. The van der Waals surface area contributed by atoms with Crippen molar-refractivity contribution in [2.75, 3.05) is 22.9 Å². The first-order valence-electron chi connectivity index (χ1n) is 10.3. The number of nitrogen functional groups attached to an aromatic ring is 1. The van der Waals surface area contributed by atoms with Gasteiger partial charge in [-0.1, -0.05) is 36.9 Å². The number of amides is 2. The molecule has 0 aliphatic heterocycles. The van der Waals surface area contributed by atoms with Crippen LogP contribution in [0.5, 0.6) is 0 Å². The summed E-state index contributed by atoms with van der Waals surface area (Å²) < 4.78 is 0. The van der Waals surface area contributed by atoms with Crippen LogP contribution in [0.1, 0.15) is 30.2 Å². The van der Waals surface area contributed by atoms with Crippen LogP contribution in [0.4, 0.5) is 11.5 Å². The van der Waals surface area contributed by atoms with Gasteiger partial charge in [0.05, 0.1) is 11.1 Å². The molecule has 0 spiro atoms. The van der Waals surface area contributed by atoms with E-state index in [-0.39, 0.29) is 24.6 Å². The summed E-state index contributed by atoms with van der Waals surface area (Å²) >= 11 is 2.95. The largest absolute Gasteiger partial charge is 0.383 e. The Bertz CT molecular complexity index is 1120. The van der Waals surface area contributed by atoms with Crippen LogP contribution in [0.25, 0.3) is 10.2 Å². The highest BCUT2D eigenvalue weighted by Gasteiger charge is 2.24. The van der Waals surface area contributed by atoms with Gasteiger partial charge in [-0.2, -0.15) is 0 Å². The number of nitrogens with zero attached hydrogens (tertiary/aromatic N) is 3. The zero-order chi connectivity index (χ0) is 22.0. The second-order valence-corrected chi connectivity index (χ2v) is 9.84. The number of anilines is 2. The highest BCUT2D eigenvalue weighted by Crippen LogP contribution is 2.40. The van der Waals surface area contributed by atoms with E-state index in [0.29, 0.717) is 16.9 Å². The van der Waals surface area contributed by atoms with Gasteiger partial charge in [-0.05, 0) is 42.9 Å². The number of carbonyl (C=O) groups excluding carboxylic acids is 2. The zero-order valence-corrected chi connectivity index (χ0v) is 19.0. The molecule has 0 fully saturated rings. The molecule has 7 nitrogen and oxygen atoms in total. The topological polar surface area (TPSA) is 115 Å². The number of aromatic nitrogens is 2.